The highest BCUT2D eigenvalue weighted by atomic mass is 16.5. The highest BCUT2D eigenvalue weighted by Gasteiger charge is 2.17. The molecule has 3 aromatic carbocycles. The molecule has 2 N–H and O–H groups in total. The van der Waals surface area contributed by atoms with Crippen LogP contribution in [0.4, 0.5) is 0 Å². The Balaban J connectivity index is 1.38. The summed E-state index contributed by atoms with van der Waals surface area (Å²) in [6.07, 6.45) is 6.60. The molecule has 0 saturated carbocycles. The molecule has 0 aromatic heterocycles. The molecule has 1 amide bonds. The van der Waals surface area contributed by atoms with Crippen LogP contribution in [0.3, 0.4) is 0 Å². The summed E-state index contributed by atoms with van der Waals surface area (Å²) < 4.78 is 23.1. The van der Waals surface area contributed by atoms with Crippen molar-refractivity contribution in [3.05, 3.63) is 107 Å². The topological polar surface area (TPSA) is 95.1 Å². The molecule has 3 aromatic rings. The van der Waals surface area contributed by atoms with Gasteiger partial charge in [-0.1, -0.05) is 44.7 Å². The summed E-state index contributed by atoms with van der Waals surface area (Å²) >= 11 is 0. The molecule has 0 unspecified atom stereocenters. The van der Waals surface area contributed by atoms with E-state index < -0.39 is 0 Å². The lowest BCUT2D eigenvalue weighted by molar-refractivity contribution is -0.118. The molecule has 4 rings (SSSR count). The number of allylic oxidation sites excluding steroid dienone is 1. The van der Waals surface area contributed by atoms with Crippen molar-refractivity contribution >= 4 is 11.7 Å². The number of methoxy groups -OCH3 is 2. The van der Waals surface area contributed by atoms with Gasteiger partial charge in [0.15, 0.2) is 17.3 Å². The molecular formula is C39H48N2O6. The summed E-state index contributed by atoms with van der Waals surface area (Å²) in [5.41, 5.74) is 3.62. The van der Waals surface area contributed by atoms with Crippen LogP contribution >= 0.6 is 0 Å². The fourth-order valence-corrected chi connectivity index (χ4v) is 5.44. The van der Waals surface area contributed by atoms with Crippen molar-refractivity contribution in [1.29, 1.82) is 0 Å². The minimum absolute atomic E-state index is 0.0451. The lowest BCUT2D eigenvalue weighted by Crippen LogP contribution is -2.35. The van der Waals surface area contributed by atoms with Gasteiger partial charge in [0.2, 0.25) is 5.91 Å². The summed E-state index contributed by atoms with van der Waals surface area (Å²) in [5, 5.41) is 6.38. The zero-order valence-corrected chi connectivity index (χ0v) is 28.1. The predicted octanol–water partition coefficient (Wildman–Crippen LogP) is 7.02. The second-order valence-electron chi connectivity index (χ2n) is 11.8. The molecule has 8 heteroatoms. The van der Waals surface area contributed by atoms with Crippen LogP contribution in [-0.4, -0.2) is 57.8 Å². The number of Topliss-reactive ketones (excluding diaryl/α,β-unsaturated/α-hetero) is 1. The molecule has 8 nitrogen and oxygen atoms in total. The summed E-state index contributed by atoms with van der Waals surface area (Å²) in [7, 11) is 3.20. The standard InChI is InChI=1S/C39H48N2O6/c1-6-32(7-2)41-39(43)27(3)24-29-10-17-36(37(26-29)45-5)47-34-13-8-28(9-14-34)25-31(20-23-44-4)38(42)30-11-15-33(16-12-30)46-35-18-21-40-22-19-35/h8-17,20,26,32,35,40H,3,6-7,18-19,21-25H2,1-2,4-5H3,(H,41,43)/b31-20+. The molecule has 1 fully saturated rings. The Bertz CT molecular complexity index is 1500. The van der Waals surface area contributed by atoms with E-state index in [-0.39, 0.29) is 23.8 Å². The lowest BCUT2D eigenvalue weighted by atomic mass is 9.96. The number of amides is 1. The number of benzene rings is 3. The van der Waals surface area contributed by atoms with Gasteiger partial charge >= 0.3 is 0 Å². The van der Waals surface area contributed by atoms with Gasteiger partial charge in [-0.15, -0.1) is 0 Å². The van der Waals surface area contributed by atoms with Gasteiger partial charge in [-0.25, -0.2) is 0 Å². The predicted molar refractivity (Wildman–Crippen MR) is 186 cm³/mol. The number of ether oxygens (including phenoxy) is 4. The first-order valence-electron chi connectivity index (χ1n) is 16.5. The first-order valence-corrected chi connectivity index (χ1v) is 16.5. The molecule has 0 atom stereocenters. The average Bonchev–Trinajstić information content (AvgIpc) is 3.10. The average molecular weight is 641 g/mol. The van der Waals surface area contributed by atoms with Crippen LogP contribution in [-0.2, 0) is 22.4 Å². The van der Waals surface area contributed by atoms with Crippen LogP contribution in [0.2, 0.25) is 0 Å². The Kier molecular flexibility index (Phi) is 13.6. The lowest BCUT2D eigenvalue weighted by Gasteiger charge is -2.23. The van der Waals surface area contributed by atoms with E-state index in [2.05, 4.69) is 31.1 Å². The quantitative estimate of drug-likeness (QED) is 0.121. The molecule has 0 bridgehead atoms. The molecule has 0 aliphatic carbocycles. The monoisotopic (exact) mass is 640 g/mol. The minimum atomic E-state index is -0.129. The van der Waals surface area contributed by atoms with E-state index in [1.807, 2.05) is 72.8 Å². The zero-order valence-electron chi connectivity index (χ0n) is 28.1. The third kappa shape index (κ3) is 10.6. The SMILES string of the molecule is C=C(Cc1ccc(Oc2ccc(C/C(=C\COC)C(=O)c3ccc(OC4CCNCC4)cc3)cc2)c(OC)c1)C(=O)NC(CC)CC. The normalized spacial score (nSPS) is 13.7. The Labute approximate surface area is 279 Å². The fraction of sp³-hybridized carbons (Fsp3) is 0.385. The molecule has 1 aliphatic rings. The van der Waals surface area contributed by atoms with Crippen LogP contribution in [0.1, 0.15) is 61.0 Å². The molecule has 47 heavy (non-hydrogen) atoms. The Morgan fingerprint density at radius 1 is 0.894 bits per heavy atom. The number of carbonyl (C=O) groups is 2. The first kappa shape index (κ1) is 35.5. The largest absolute Gasteiger partial charge is 0.493 e. The van der Waals surface area contributed by atoms with E-state index >= 15 is 0 Å². The van der Waals surface area contributed by atoms with Crippen molar-refractivity contribution < 1.29 is 28.5 Å². The number of carbonyl (C=O) groups excluding carboxylic acids is 2. The van der Waals surface area contributed by atoms with Gasteiger partial charge in [-0.3, -0.25) is 9.59 Å². The van der Waals surface area contributed by atoms with Crippen molar-refractivity contribution in [3.63, 3.8) is 0 Å². The number of piperidine rings is 1. The smallest absolute Gasteiger partial charge is 0.247 e. The van der Waals surface area contributed by atoms with Crippen molar-refractivity contribution in [1.82, 2.24) is 10.6 Å². The maximum atomic E-state index is 13.5. The van der Waals surface area contributed by atoms with Gasteiger partial charge < -0.3 is 29.6 Å². The summed E-state index contributed by atoms with van der Waals surface area (Å²) in [6.45, 7) is 10.4. The zero-order chi connectivity index (χ0) is 33.6. The van der Waals surface area contributed by atoms with E-state index in [9.17, 15) is 9.59 Å². The van der Waals surface area contributed by atoms with Gasteiger partial charge in [0.05, 0.1) is 13.7 Å². The van der Waals surface area contributed by atoms with Crippen LogP contribution in [0.5, 0.6) is 23.0 Å². The van der Waals surface area contributed by atoms with Crippen molar-refractivity contribution in [2.75, 3.05) is 33.9 Å². The summed E-state index contributed by atoms with van der Waals surface area (Å²) in [4.78, 5) is 26.1. The summed E-state index contributed by atoms with van der Waals surface area (Å²) in [5.74, 6) is 2.35. The third-order valence-electron chi connectivity index (χ3n) is 8.33. The number of ketones is 1. The van der Waals surface area contributed by atoms with Gasteiger partial charge in [-0.2, -0.15) is 0 Å². The van der Waals surface area contributed by atoms with E-state index in [1.54, 1.807) is 14.2 Å². The maximum absolute atomic E-state index is 13.5. The minimum Gasteiger partial charge on any atom is -0.493 e. The van der Waals surface area contributed by atoms with Crippen molar-refractivity contribution in [3.8, 4) is 23.0 Å². The Hall–Kier alpha value is -4.40. The number of nitrogens with one attached hydrogen (secondary N) is 2. The summed E-state index contributed by atoms with van der Waals surface area (Å²) in [6, 6.07) is 20.8. The fourth-order valence-electron chi connectivity index (χ4n) is 5.44. The molecule has 0 spiro atoms. The van der Waals surface area contributed by atoms with Gasteiger partial charge in [0.25, 0.3) is 0 Å². The maximum Gasteiger partial charge on any atom is 0.247 e. The van der Waals surface area contributed by atoms with Crippen LogP contribution in [0.15, 0.2) is 90.5 Å². The van der Waals surface area contributed by atoms with Gasteiger partial charge in [0.1, 0.15) is 17.6 Å². The van der Waals surface area contributed by atoms with Crippen LogP contribution in [0.25, 0.3) is 0 Å². The molecular weight excluding hydrogens is 592 g/mol. The van der Waals surface area contributed by atoms with Crippen molar-refractivity contribution in [2.45, 2.75) is 64.5 Å². The Morgan fingerprint density at radius 2 is 1.55 bits per heavy atom. The van der Waals surface area contributed by atoms with Gasteiger partial charge in [-0.05, 0) is 98.4 Å². The second kappa shape index (κ2) is 18.1. The van der Waals surface area contributed by atoms with E-state index in [1.165, 1.54) is 0 Å². The number of rotatable bonds is 17. The van der Waals surface area contributed by atoms with E-state index in [4.69, 9.17) is 18.9 Å². The molecule has 0 radical (unpaired) electrons. The molecule has 1 saturated heterocycles. The number of hydrogen-bond donors (Lipinski definition) is 2. The third-order valence-corrected chi connectivity index (χ3v) is 8.33. The highest BCUT2D eigenvalue weighted by molar-refractivity contribution is 6.09. The molecule has 1 aliphatic heterocycles. The second-order valence-corrected chi connectivity index (χ2v) is 11.8. The number of hydrogen-bond acceptors (Lipinski definition) is 7. The van der Waals surface area contributed by atoms with E-state index in [0.717, 1.165) is 55.6 Å². The molecule has 1 heterocycles. The highest BCUT2D eigenvalue weighted by Crippen LogP contribution is 2.33. The van der Waals surface area contributed by atoms with Crippen molar-refractivity contribution in [2.24, 2.45) is 0 Å². The van der Waals surface area contributed by atoms with E-state index in [0.29, 0.717) is 53.4 Å². The molecule has 250 valence electrons. The van der Waals surface area contributed by atoms with Crippen LogP contribution < -0.4 is 24.8 Å². The van der Waals surface area contributed by atoms with Crippen LogP contribution in [0, 0.1) is 0 Å². The Morgan fingerprint density at radius 3 is 2.19 bits per heavy atom. The first-order chi connectivity index (χ1) is 22.8. The van der Waals surface area contributed by atoms with Gasteiger partial charge in [0, 0.05) is 42.7 Å².